The predicted molar refractivity (Wildman–Crippen MR) is 158 cm³/mol. The summed E-state index contributed by atoms with van der Waals surface area (Å²) < 4.78 is 28.2. The number of carbonyl (C=O) groups is 1. The molecule has 4 aromatic carbocycles. The summed E-state index contributed by atoms with van der Waals surface area (Å²) in [6.45, 7) is 2.14. The number of sulfonamides is 1. The van der Waals surface area contributed by atoms with Gasteiger partial charge in [0.2, 0.25) is 0 Å². The average molecular weight is 544 g/mol. The number of aryl methyl sites for hydroxylation is 1. The first kappa shape index (κ1) is 27.0. The number of hydrogen-bond donors (Lipinski definition) is 3. The second-order valence-corrected chi connectivity index (χ2v) is 10.9. The molecule has 0 fully saturated rings. The molecule has 4 rings (SSSR count). The van der Waals surface area contributed by atoms with E-state index in [1.54, 1.807) is 36.4 Å². The molecule has 6 nitrogen and oxygen atoms in total. The Labute approximate surface area is 229 Å². The monoisotopic (exact) mass is 543 g/mol. The topological polar surface area (TPSA) is 87.3 Å². The standard InChI is InChI=1S/C30H29N3O3S2/c1-2-3-7-22-10-16-27(17-11-22)33-38(35,36)28-20-18-26(19-21-28)31-30(37)32-29(34)25-14-12-24(13-15-25)23-8-5-4-6-9-23/h4-6,8-21,33H,2-3,7H2,1H3,(H2,31,32,34,37). The number of hydrogen-bond acceptors (Lipinski definition) is 4. The third kappa shape index (κ3) is 7.27. The minimum atomic E-state index is -3.75. The van der Waals surface area contributed by atoms with E-state index in [4.69, 9.17) is 12.2 Å². The van der Waals surface area contributed by atoms with Crippen LogP contribution in [0.2, 0.25) is 0 Å². The van der Waals surface area contributed by atoms with Crippen molar-refractivity contribution in [2.24, 2.45) is 0 Å². The Morgan fingerprint density at radius 2 is 1.37 bits per heavy atom. The Hall–Kier alpha value is -4.01. The van der Waals surface area contributed by atoms with Gasteiger partial charge < -0.3 is 5.32 Å². The summed E-state index contributed by atoms with van der Waals surface area (Å²) in [5, 5.41) is 5.67. The predicted octanol–water partition coefficient (Wildman–Crippen LogP) is 6.62. The highest BCUT2D eigenvalue weighted by Crippen LogP contribution is 2.21. The van der Waals surface area contributed by atoms with Crippen LogP contribution in [0.3, 0.4) is 0 Å². The quantitative estimate of drug-likeness (QED) is 0.206. The van der Waals surface area contributed by atoms with Crippen LogP contribution in [0.15, 0.2) is 108 Å². The lowest BCUT2D eigenvalue weighted by Gasteiger charge is -2.12. The van der Waals surface area contributed by atoms with Crippen molar-refractivity contribution >= 4 is 44.6 Å². The van der Waals surface area contributed by atoms with Crippen molar-refractivity contribution in [2.45, 2.75) is 31.1 Å². The molecule has 0 atom stereocenters. The largest absolute Gasteiger partial charge is 0.332 e. The third-order valence-electron chi connectivity index (χ3n) is 5.93. The van der Waals surface area contributed by atoms with Gasteiger partial charge in [0.15, 0.2) is 5.11 Å². The van der Waals surface area contributed by atoms with Gasteiger partial charge in [0.25, 0.3) is 15.9 Å². The lowest BCUT2D eigenvalue weighted by atomic mass is 10.0. The van der Waals surface area contributed by atoms with Crippen LogP contribution in [0.4, 0.5) is 11.4 Å². The molecule has 0 saturated heterocycles. The molecule has 194 valence electrons. The van der Waals surface area contributed by atoms with Crippen LogP contribution >= 0.6 is 12.2 Å². The van der Waals surface area contributed by atoms with Gasteiger partial charge in [-0.2, -0.15) is 0 Å². The van der Waals surface area contributed by atoms with Crippen LogP contribution in [0.5, 0.6) is 0 Å². The first-order chi connectivity index (χ1) is 18.3. The summed E-state index contributed by atoms with van der Waals surface area (Å²) in [5.41, 5.74) is 4.79. The van der Waals surface area contributed by atoms with Crippen LogP contribution in [0, 0.1) is 0 Å². The molecule has 0 unspecified atom stereocenters. The lowest BCUT2D eigenvalue weighted by Crippen LogP contribution is -2.34. The zero-order chi connectivity index (χ0) is 27.0. The summed E-state index contributed by atoms with van der Waals surface area (Å²) in [7, 11) is -3.75. The van der Waals surface area contributed by atoms with Gasteiger partial charge in [-0.1, -0.05) is 67.9 Å². The maximum Gasteiger partial charge on any atom is 0.261 e. The van der Waals surface area contributed by atoms with E-state index in [2.05, 4.69) is 22.3 Å². The number of carbonyl (C=O) groups excluding carboxylic acids is 1. The third-order valence-corrected chi connectivity index (χ3v) is 7.53. The number of nitrogens with one attached hydrogen (secondary N) is 3. The van der Waals surface area contributed by atoms with E-state index in [-0.39, 0.29) is 15.9 Å². The van der Waals surface area contributed by atoms with Crippen molar-refractivity contribution in [1.82, 2.24) is 5.32 Å². The van der Waals surface area contributed by atoms with E-state index in [0.29, 0.717) is 16.9 Å². The molecule has 0 aromatic heterocycles. The van der Waals surface area contributed by atoms with Crippen molar-refractivity contribution in [3.05, 3.63) is 114 Å². The molecule has 3 N–H and O–H groups in total. The van der Waals surface area contributed by atoms with Crippen LogP contribution in [-0.2, 0) is 16.4 Å². The Bertz CT molecular complexity index is 1490. The molecule has 0 bridgehead atoms. The number of benzene rings is 4. The fraction of sp³-hybridized carbons (Fsp3) is 0.133. The fourth-order valence-corrected chi connectivity index (χ4v) is 5.10. The SMILES string of the molecule is CCCCc1ccc(NS(=O)(=O)c2ccc(NC(=S)NC(=O)c3ccc(-c4ccccc4)cc3)cc2)cc1. The molecule has 0 aliphatic heterocycles. The molecule has 38 heavy (non-hydrogen) atoms. The molecule has 0 saturated carbocycles. The maximum atomic E-state index is 12.8. The van der Waals surface area contributed by atoms with Crippen molar-refractivity contribution < 1.29 is 13.2 Å². The van der Waals surface area contributed by atoms with Crippen molar-refractivity contribution in [3.63, 3.8) is 0 Å². The van der Waals surface area contributed by atoms with Crippen molar-refractivity contribution in [3.8, 4) is 11.1 Å². The van der Waals surface area contributed by atoms with Gasteiger partial charge in [0.05, 0.1) is 4.90 Å². The van der Waals surface area contributed by atoms with Crippen LogP contribution in [0.25, 0.3) is 11.1 Å². The smallest absolute Gasteiger partial charge is 0.261 e. The molecule has 0 aliphatic carbocycles. The van der Waals surface area contributed by atoms with E-state index in [1.165, 1.54) is 17.7 Å². The Morgan fingerprint density at radius 3 is 2.00 bits per heavy atom. The molecule has 0 aliphatic rings. The highest BCUT2D eigenvalue weighted by Gasteiger charge is 2.15. The van der Waals surface area contributed by atoms with Gasteiger partial charge in [-0.25, -0.2) is 8.42 Å². The minimum Gasteiger partial charge on any atom is -0.332 e. The first-order valence-electron chi connectivity index (χ1n) is 12.3. The van der Waals surface area contributed by atoms with E-state index >= 15 is 0 Å². The number of unbranched alkanes of at least 4 members (excludes halogenated alkanes) is 1. The number of thiocarbonyl (C=S) groups is 1. The van der Waals surface area contributed by atoms with Crippen LogP contribution < -0.4 is 15.4 Å². The molecule has 4 aromatic rings. The summed E-state index contributed by atoms with van der Waals surface area (Å²) >= 11 is 5.27. The zero-order valence-corrected chi connectivity index (χ0v) is 22.6. The molecular weight excluding hydrogens is 514 g/mol. The van der Waals surface area contributed by atoms with Gasteiger partial charge in [-0.15, -0.1) is 0 Å². The zero-order valence-electron chi connectivity index (χ0n) is 21.0. The molecule has 0 radical (unpaired) electrons. The summed E-state index contributed by atoms with van der Waals surface area (Å²) in [6.07, 6.45) is 3.18. The summed E-state index contributed by atoms with van der Waals surface area (Å²) in [6, 6.07) is 30.7. The van der Waals surface area contributed by atoms with E-state index in [1.807, 2.05) is 54.6 Å². The van der Waals surface area contributed by atoms with Crippen molar-refractivity contribution in [1.29, 1.82) is 0 Å². The average Bonchev–Trinajstić information content (AvgIpc) is 2.93. The highest BCUT2D eigenvalue weighted by atomic mass is 32.2. The first-order valence-corrected chi connectivity index (χ1v) is 14.2. The maximum absolute atomic E-state index is 12.8. The Kier molecular flexibility index (Phi) is 8.89. The lowest BCUT2D eigenvalue weighted by molar-refractivity contribution is 0.0977. The Balaban J connectivity index is 1.32. The van der Waals surface area contributed by atoms with Gasteiger partial charge >= 0.3 is 0 Å². The summed E-state index contributed by atoms with van der Waals surface area (Å²) in [5.74, 6) is -0.341. The van der Waals surface area contributed by atoms with Crippen molar-refractivity contribution in [2.75, 3.05) is 10.0 Å². The highest BCUT2D eigenvalue weighted by molar-refractivity contribution is 7.92. The van der Waals surface area contributed by atoms with E-state index < -0.39 is 10.0 Å². The second kappa shape index (κ2) is 12.5. The van der Waals surface area contributed by atoms with Gasteiger partial charge in [-0.3, -0.25) is 14.8 Å². The van der Waals surface area contributed by atoms with Crippen LogP contribution in [-0.4, -0.2) is 19.4 Å². The van der Waals surface area contributed by atoms with Crippen LogP contribution in [0.1, 0.15) is 35.7 Å². The number of rotatable bonds is 9. The molecular formula is C30H29N3O3S2. The number of anilines is 2. The van der Waals surface area contributed by atoms with Gasteiger partial charge in [0, 0.05) is 16.9 Å². The Morgan fingerprint density at radius 1 is 0.763 bits per heavy atom. The van der Waals surface area contributed by atoms with E-state index in [9.17, 15) is 13.2 Å². The summed E-state index contributed by atoms with van der Waals surface area (Å²) in [4.78, 5) is 12.7. The van der Waals surface area contributed by atoms with Gasteiger partial charge in [-0.05, 0) is 90.3 Å². The minimum absolute atomic E-state index is 0.110. The molecule has 0 spiro atoms. The molecule has 0 heterocycles. The number of amides is 1. The fourth-order valence-electron chi connectivity index (χ4n) is 3.83. The van der Waals surface area contributed by atoms with E-state index in [0.717, 1.165) is 30.4 Å². The molecule has 8 heteroatoms. The second-order valence-electron chi connectivity index (χ2n) is 8.78. The molecule has 1 amide bonds. The normalized spacial score (nSPS) is 11.0. The van der Waals surface area contributed by atoms with Gasteiger partial charge in [0.1, 0.15) is 0 Å².